The van der Waals surface area contributed by atoms with Gasteiger partial charge in [0.2, 0.25) is 0 Å². The third-order valence-electron chi connectivity index (χ3n) is 5.44. The zero-order valence-corrected chi connectivity index (χ0v) is 12.8. The van der Waals surface area contributed by atoms with Gasteiger partial charge >= 0.3 is 0 Å². The second kappa shape index (κ2) is 5.91. The SMILES string of the molecule is c1ncc(N2CCC3CCCCC3C2)nc1CNC1CC1. The summed E-state index contributed by atoms with van der Waals surface area (Å²) in [6, 6.07) is 0.730. The first-order chi connectivity index (χ1) is 10.4. The predicted octanol–water partition coefficient (Wildman–Crippen LogP) is 2.75. The van der Waals surface area contributed by atoms with Crippen LogP contribution >= 0.6 is 0 Å². The van der Waals surface area contributed by atoms with Crippen molar-refractivity contribution in [2.75, 3.05) is 18.0 Å². The molecule has 3 aliphatic rings. The Morgan fingerprint density at radius 2 is 1.90 bits per heavy atom. The van der Waals surface area contributed by atoms with Crippen molar-refractivity contribution in [1.82, 2.24) is 15.3 Å². The van der Waals surface area contributed by atoms with E-state index in [-0.39, 0.29) is 0 Å². The fourth-order valence-electron chi connectivity index (χ4n) is 3.98. The molecule has 0 aromatic carbocycles. The molecule has 0 amide bonds. The molecule has 21 heavy (non-hydrogen) atoms. The number of anilines is 1. The van der Waals surface area contributed by atoms with Crippen molar-refractivity contribution in [2.45, 2.75) is 57.5 Å². The summed E-state index contributed by atoms with van der Waals surface area (Å²) in [5, 5.41) is 3.53. The number of fused-ring (bicyclic) bond motifs is 1. The van der Waals surface area contributed by atoms with Crippen LogP contribution < -0.4 is 10.2 Å². The summed E-state index contributed by atoms with van der Waals surface area (Å²) in [5.41, 5.74) is 1.09. The van der Waals surface area contributed by atoms with E-state index in [1.165, 1.54) is 51.5 Å². The molecule has 2 aliphatic carbocycles. The highest BCUT2D eigenvalue weighted by Crippen LogP contribution is 2.37. The molecule has 4 nitrogen and oxygen atoms in total. The number of nitrogens with zero attached hydrogens (tertiary/aromatic N) is 3. The molecular formula is C17H26N4. The van der Waals surface area contributed by atoms with Gasteiger partial charge in [0.15, 0.2) is 0 Å². The van der Waals surface area contributed by atoms with Gasteiger partial charge in [-0.05, 0) is 37.5 Å². The topological polar surface area (TPSA) is 41.1 Å². The number of hydrogen-bond donors (Lipinski definition) is 1. The molecule has 114 valence electrons. The van der Waals surface area contributed by atoms with Crippen LogP contribution in [-0.4, -0.2) is 29.1 Å². The van der Waals surface area contributed by atoms with Gasteiger partial charge in [-0.2, -0.15) is 0 Å². The van der Waals surface area contributed by atoms with Gasteiger partial charge in [0, 0.05) is 31.9 Å². The van der Waals surface area contributed by atoms with Gasteiger partial charge in [0.25, 0.3) is 0 Å². The lowest BCUT2D eigenvalue weighted by Gasteiger charge is -2.41. The van der Waals surface area contributed by atoms with Gasteiger partial charge in [-0.15, -0.1) is 0 Å². The molecule has 2 heterocycles. The number of aromatic nitrogens is 2. The molecule has 0 radical (unpaired) electrons. The largest absolute Gasteiger partial charge is 0.355 e. The van der Waals surface area contributed by atoms with Crippen LogP contribution in [-0.2, 0) is 6.54 Å². The van der Waals surface area contributed by atoms with Gasteiger partial charge in [-0.3, -0.25) is 4.98 Å². The van der Waals surface area contributed by atoms with Crippen LogP contribution in [0.2, 0.25) is 0 Å². The fourth-order valence-corrected chi connectivity index (χ4v) is 3.98. The average Bonchev–Trinajstić information content (AvgIpc) is 3.37. The lowest BCUT2D eigenvalue weighted by atomic mass is 9.75. The minimum absolute atomic E-state index is 0.730. The number of rotatable bonds is 4. The van der Waals surface area contributed by atoms with Gasteiger partial charge in [0.1, 0.15) is 5.82 Å². The van der Waals surface area contributed by atoms with Gasteiger partial charge in [-0.25, -0.2) is 4.98 Å². The summed E-state index contributed by atoms with van der Waals surface area (Å²) in [6.07, 6.45) is 13.6. The summed E-state index contributed by atoms with van der Waals surface area (Å²) in [5.74, 6) is 2.96. The first-order valence-corrected chi connectivity index (χ1v) is 8.68. The summed E-state index contributed by atoms with van der Waals surface area (Å²) < 4.78 is 0. The van der Waals surface area contributed by atoms with Crippen molar-refractivity contribution in [3.8, 4) is 0 Å². The summed E-state index contributed by atoms with van der Waals surface area (Å²) in [6.45, 7) is 3.22. The lowest BCUT2D eigenvalue weighted by Crippen LogP contribution is -2.42. The summed E-state index contributed by atoms with van der Waals surface area (Å²) in [4.78, 5) is 11.7. The lowest BCUT2D eigenvalue weighted by molar-refractivity contribution is 0.202. The molecule has 1 saturated heterocycles. The maximum atomic E-state index is 4.83. The minimum atomic E-state index is 0.730. The minimum Gasteiger partial charge on any atom is -0.355 e. The van der Waals surface area contributed by atoms with Crippen molar-refractivity contribution in [2.24, 2.45) is 11.8 Å². The van der Waals surface area contributed by atoms with Crippen molar-refractivity contribution >= 4 is 5.82 Å². The summed E-state index contributed by atoms with van der Waals surface area (Å²) in [7, 11) is 0. The van der Waals surface area contributed by atoms with Gasteiger partial charge in [-0.1, -0.05) is 19.3 Å². The quantitative estimate of drug-likeness (QED) is 0.924. The van der Waals surface area contributed by atoms with E-state index in [1.54, 1.807) is 0 Å². The van der Waals surface area contributed by atoms with Crippen LogP contribution in [0.3, 0.4) is 0 Å². The third kappa shape index (κ3) is 3.20. The Morgan fingerprint density at radius 3 is 2.76 bits per heavy atom. The second-order valence-electron chi connectivity index (χ2n) is 7.06. The van der Waals surface area contributed by atoms with Crippen LogP contribution in [0, 0.1) is 11.8 Å². The van der Waals surface area contributed by atoms with Crippen LogP contribution in [0.5, 0.6) is 0 Å². The van der Waals surface area contributed by atoms with Crippen molar-refractivity contribution in [3.05, 3.63) is 18.1 Å². The number of nitrogens with one attached hydrogen (secondary N) is 1. The maximum absolute atomic E-state index is 4.83. The van der Waals surface area contributed by atoms with E-state index in [2.05, 4.69) is 15.2 Å². The molecule has 1 aromatic rings. The molecule has 1 aromatic heterocycles. The van der Waals surface area contributed by atoms with E-state index in [0.717, 1.165) is 42.5 Å². The van der Waals surface area contributed by atoms with Crippen LogP contribution in [0.4, 0.5) is 5.82 Å². The molecule has 0 bridgehead atoms. The van der Waals surface area contributed by atoms with Crippen molar-refractivity contribution in [1.29, 1.82) is 0 Å². The Hall–Kier alpha value is -1.16. The zero-order valence-electron chi connectivity index (χ0n) is 12.8. The monoisotopic (exact) mass is 286 g/mol. The van der Waals surface area contributed by atoms with Crippen molar-refractivity contribution in [3.63, 3.8) is 0 Å². The predicted molar refractivity (Wildman–Crippen MR) is 84.2 cm³/mol. The van der Waals surface area contributed by atoms with Crippen LogP contribution in [0.15, 0.2) is 12.4 Å². The molecule has 4 heteroatoms. The first-order valence-electron chi connectivity index (χ1n) is 8.68. The molecule has 1 N–H and O–H groups in total. The molecule has 4 rings (SSSR count). The number of piperidine rings is 1. The molecule has 1 aliphatic heterocycles. The third-order valence-corrected chi connectivity index (χ3v) is 5.44. The standard InChI is InChI=1S/C17H26N4/c1-2-4-14-12-21(8-7-13(14)3-1)17-11-18-9-16(20-17)10-19-15-5-6-15/h9,11,13-15,19H,1-8,10,12H2. The van der Waals surface area contributed by atoms with Crippen molar-refractivity contribution < 1.29 is 0 Å². The van der Waals surface area contributed by atoms with E-state index in [1.807, 2.05) is 12.4 Å². The average molecular weight is 286 g/mol. The molecule has 2 atom stereocenters. The number of hydrogen-bond acceptors (Lipinski definition) is 4. The van der Waals surface area contributed by atoms with Crippen LogP contribution in [0.25, 0.3) is 0 Å². The molecule has 0 spiro atoms. The molecule has 2 unspecified atom stereocenters. The molecular weight excluding hydrogens is 260 g/mol. The first kappa shape index (κ1) is 13.5. The van der Waals surface area contributed by atoms with E-state index in [0.29, 0.717) is 0 Å². The normalized spacial score (nSPS) is 29.2. The molecule has 2 saturated carbocycles. The van der Waals surface area contributed by atoms with Crippen LogP contribution in [0.1, 0.15) is 50.6 Å². The second-order valence-corrected chi connectivity index (χ2v) is 7.06. The maximum Gasteiger partial charge on any atom is 0.147 e. The fraction of sp³-hybridized carbons (Fsp3) is 0.765. The van der Waals surface area contributed by atoms with E-state index in [9.17, 15) is 0 Å². The highest BCUT2D eigenvalue weighted by Gasteiger charge is 2.31. The zero-order chi connectivity index (χ0) is 14.1. The Bertz CT molecular complexity index is 485. The Labute approximate surface area is 127 Å². The van der Waals surface area contributed by atoms with Gasteiger partial charge in [0.05, 0.1) is 11.9 Å². The smallest absolute Gasteiger partial charge is 0.147 e. The van der Waals surface area contributed by atoms with E-state index >= 15 is 0 Å². The highest BCUT2D eigenvalue weighted by molar-refractivity contribution is 5.37. The Balaban J connectivity index is 1.41. The summed E-state index contributed by atoms with van der Waals surface area (Å²) >= 11 is 0. The molecule has 3 fully saturated rings. The highest BCUT2D eigenvalue weighted by atomic mass is 15.2. The van der Waals surface area contributed by atoms with E-state index < -0.39 is 0 Å². The Morgan fingerprint density at radius 1 is 1.05 bits per heavy atom. The van der Waals surface area contributed by atoms with Gasteiger partial charge < -0.3 is 10.2 Å². The Kier molecular flexibility index (Phi) is 3.80. The van der Waals surface area contributed by atoms with E-state index in [4.69, 9.17) is 4.98 Å².